The van der Waals surface area contributed by atoms with Crippen molar-refractivity contribution in [3.63, 3.8) is 0 Å². The summed E-state index contributed by atoms with van der Waals surface area (Å²) in [6, 6.07) is 15.6. The van der Waals surface area contributed by atoms with E-state index in [1.54, 1.807) is 20.8 Å². The van der Waals surface area contributed by atoms with Gasteiger partial charge in [-0.1, -0.05) is 48.5 Å². The maximum absolute atomic E-state index is 12.5. The van der Waals surface area contributed by atoms with Crippen LogP contribution in [-0.4, -0.2) is 38.5 Å². The van der Waals surface area contributed by atoms with Gasteiger partial charge in [-0.2, -0.15) is 0 Å². The maximum Gasteiger partial charge on any atom is 0.417 e. The number of benzene rings is 2. The lowest BCUT2D eigenvalue weighted by Crippen LogP contribution is -2.39. The number of hydrogen-bond donors (Lipinski definition) is 2. The van der Waals surface area contributed by atoms with E-state index in [1.807, 2.05) is 36.4 Å². The zero-order valence-electron chi connectivity index (χ0n) is 21.2. The maximum atomic E-state index is 12.5. The fourth-order valence-corrected chi connectivity index (χ4v) is 6.20. The van der Waals surface area contributed by atoms with E-state index in [9.17, 15) is 19.5 Å². The van der Waals surface area contributed by atoms with Gasteiger partial charge in [0.2, 0.25) is 0 Å². The zero-order valence-corrected chi connectivity index (χ0v) is 21.2. The molecule has 0 spiro atoms. The molecular formula is C30H31NO6. The smallest absolute Gasteiger partial charge is 0.417 e. The van der Waals surface area contributed by atoms with Crippen molar-refractivity contribution in [2.75, 3.05) is 0 Å². The van der Waals surface area contributed by atoms with Crippen molar-refractivity contribution in [2.45, 2.75) is 57.6 Å². The van der Waals surface area contributed by atoms with Gasteiger partial charge in [-0.05, 0) is 61.8 Å². The second-order valence-electron chi connectivity index (χ2n) is 11.0. The number of rotatable bonds is 0. The molecule has 0 radical (unpaired) electrons. The Morgan fingerprint density at radius 3 is 2.03 bits per heavy atom. The highest BCUT2D eigenvalue weighted by Gasteiger charge is 2.53. The average molecular weight is 502 g/mol. The molecule has 4 unspecified atom stereocenters. The van der Waals surface area contributed by atoms with Crippen LogP contribution >= 0.6 is 0 Å². The minimum atomic E-state index is -0.684. The molecule has 1 aliphatic heterocycles. The second-order valence-corrected chi connectivity index (χ2v) is 11.0. The largest absolute Gasteiger partial charge is 0.515 e. The van der Waals surface area contributed by atoms with Gasteiger partial charge in [0.25, 0.3) is 5.91 Å². The predicted molar refractivity (Wildman–Crippen MR) is 137 cm³/mol. The highest BCUT2D eigenvalue weighted by Crippen LogP contribution is 2.50. The van der Waals surface area contributed by atoms with Crippen LogP contribution in [0.5, 0.6) is 0 Å². The molecule has 1 saturated carbocycles. The van der Waals surface area contributed by atoms with Gasteiger partial charge in [0, 0.05) is 23.8 Å². The second kappa shape index (κ2) is 9.21. The normalized spacial score (nSPS) is 27.5. The molecule has 7 heteroatoms. The third-order valence-electron chi connectivity index (χ3n) is 7.71. The SMILES string of the molecule is CC(C)(C)OC(=O)N1C(=O)/C(=C\O)C2Cc3ccccc3C21.O=C1CC2c3ccccc3CC2/C1=C\O. The summed E-state index contributed by atoms with van der Waals surface area (Å²) >= 11 is 0. The number of ether oxygens (including phenoxy) is 1. The van der Waals surface area contributed by atoms with Crippen LogP contribution in [0.1, 0.15) is 61.4 Å². The van der Waals surface area contributed by atoms with Crippen molar-refractivity contribution >= 4 is 17.8 Å². The third kappa shape index (κ3) is 4.22. The number of nitrogens with zero attached hydrogens (tertiary/aromatic N) is 1. The van der Waals surface area contributed by atoms with Gasteiger partial charge in [0.1, 0.15) is 5.60 Å². The lowest BCUT2D eigenvalue weighted by atomic mass is 9.95. The quantitative estimate of drug-likeness (QED) is 0.366. The van der Waals surface area contributed by atoms with Crippen molar-refractivity contribution in [2.24, 2.45) is 11.8 Å². The molecule has 6 rings (SSSR count). The number of carbonyl (C=O) groups is 3. The topological polar surface area (TPSA) is 104 Å². The molecule has 2 fully saturated rings. The van der Waals surface area contributed by atoms with Crippen LogP contribution in [0.25, 0.3) is 0 Å². The molecule has 4 atom stereocenters. The minimum Gasteiger partial charge on any atom is -0.515 e. The first-order valence-corrected chi connectivity index (χ1v) is 12.6. The van der Waals surface area contributed by atoms with Crippen LogP contribution in [0, 0.1) is 11.8 Å². The van der Waals surface area contributed by atoms with E-state index in [2.05, 4.69) is 12.1 Å². The minimum absolute atomic E-state index is 0.113. The van der Waals surface area contributed by atoms with E-state index >= 15 is 0 Å². The molecule has 0 aromatic heterocycles. The number of fused-ring (bicyclic) bond motifs is 6. The molecule has 2 aromatic carbocycles. The number of amides is 2. The Kier molecular flexibility index (Phi) is 6.18. The van der Waals surface area contributed by atoms with E-state index in [-0.39, 0.29) is 23.2 Å². The van der Waals surface area contributed by atoms with Crippen LogP contribution in [0.3, 0.4) is 0 Å². The molecule has 7 nitrogen and oxygen atoms in total. The van der Waals surface area contributed by atoms with Crippen LogP contribution in [0.15, 0.2) is 72.2 Å². The first-order chi connectivity index (χ1) is 17.6. The van der Waals surface area contributed by atoms with Crippen molar-refractivity contribution in [3.8, 4) is 0 Å². The van der Waals surface area contributed by atoms with Crippen LogP contribution in [0.2, 0.25) is 0 Å². The number of carbonyl (C=O) groups excluding carboxylic acids is 3. The molecule has 192 valence electrons. The van der Waals surface area contributed by atoms with Crippen LogP contribution < -0.4 is 0 Å². The van der Waals surface area contributed by atoms with Crippen molar-refractivity contribution in [1.29, 1.82) is 0 Å². The lowest BCUT2D eigenvalue weighted by Gasteiger charge is -2.27. The van der Waals surface area contributed by atoms with Gasteiger partial charge in [0.05, 0.1) is 24.1 Å². The number of allylic oxidation sites excluding steroid dienone is 1. The predicted octanol–water partition coefficient (Wildman–Crippen LogP) is 5.48. The molecule has 37 heavy (non-hydrogen) atoms. The van der Waals surface area contributed by atoms with Crippen molar-refractivity contribution in [1.82, 2.24) is 4.90 Å². The number of likely N-dealkylation sites (tertiary alicyclic amines) is 1. The monoisotopic (exact) mass is 501 g/mol. The zero-order chi connectivity index (χ0) is 26.5. The number of Topliss-reactive ketones (excluding diaryl/α,β-unsaturated/α-hetero) is 1. The number of ketones is 1. The van der Waals surface area contributed by atoms with Gasteiger partial charge in [-0.15, -0.1) is 0 Å². The molecule has 1 saturated heterocycles. The van der Waals surface area contributed by atoms with Crippen molar-refractivity contribution < 1.29 is 29.3 Å². The summed E-state index contributed by atoms with van der Waals surface area (Å²) in [7, 11) is 0. The summed E-state index contributed by atoms with van der Waals surface area (Å²) in [5, 5.41) is 18.5. The third-order valence-corrected chi connectivity index (χ3v) is 7.71. The molecule has 3 aliphatic carbocycles. The first-order valence-electron chi connectivity index (χ1n) is 12.6. The molecule has 0 bridgehead atoms. The Morgan fingerprint density at radius 1 is 0.838 bits per heavy atom. The fraction of sp³-hybridized carbons (Fsp3) is 0.367. The van der Waals surface area contributed by atoms with Gasteiger partial charge < -0.3 is 14.9 Å². The van der Waals surface area contributed by atoms with E-state index in [0.717, 1.165) is 35.0 Å². The lowest BCUT2D eigenvalue weighted by molar-refractivity contribution is -0.125. The van der Waals surface area contributed by atoms with Gasteiger partial charge in [0.15, 0.2) is 5.78 Å². The van der Waals surface area contributed by atoms with E-state index in [0.29, 0.717) is 24.3 Å². The van der Waals surface area contributed by atoms with Crippen LogP contribution in [-0.2, 0) is 27.2 Å². The highest BCUT2D eigenvalue weighted by atomic mass is 16.6. The summed E-state index contributed by atoms with van der Waals surface area (Å²) in [6.07, 6.45) is 3.28. The summed E-state index contributed by atoms with van der Waals surface area (Å²) in [4.78, 5) is 37.7. The van der Waals surface area contributed by atoms with Gasteiger partial charge in [-0.3, -0.25) is 9.59 Å². The summed E-state index contributed by atoms with van der Waals surface area (Å²) < 4.78 is 5.37. The molecule has 4 aliphatic rings. The number of hydrogen-bond acceptors (Lipinski definition) is 6. The molecule has 1 heterocycles. The molecule has 2 N–H and O–H groups in total. The summed E-state index contributed by atoms with van der Waals surface area (Å²) in [6.45, 7) is 5.27. The van der Waals surface area contributed by atoms with Gasteiger partial charge in [-0.25, -0.2) is 9.69 Å². The Hall–Kier alpha value is -3.87. The Bertz CT molecular complexity index is 1330. The van der Waals surface area contributed by atoms with Crippen LogP contribution in [0.4, 0.5) is 4.79 Å². The Balaban J connectivity index is 0.000000162. The van der Waals surface area contributed by atoms with E-state index < -0.39 is 23.6 Å². The molecular weight excluding hydrogens is 470 g/mol. The highest BCUT2D eigenvalue weighted by molar-refractivity contribution is 6.06. The molecule has 2 aromatic rings. The van der Waals surface area contributed by atoms with Crippen molar-refractivity contribution in [3.05, 3.63) is 94.5 Å². The molecule has 2 amide bonds. The average Bonchev–Trinajstić information content (AvgIpc) is 3.54. The Morgan fingerprint density at radius 2 is 1.41 bits per heavy atom. The summed E-state index contributed by atoms with van der Waals surface area (Å²) in [5.74, 6) is -0.0299. The Labute approximate surface area is 216 Å². The number of aliphatic hydroxyl groups excluding tert-OH is 2. The fourth-order valence-electron chi connectivity index (χ4n) is 6.20. The van der Waals surface area contributed by atoms with Gasteiger partial charge >= 0.3 is 6.09 Å². The standard InChI is InChI=1S/C17H19NO4.C13H12O2/c1-17(2,3)22-16(21)18-14-11-7-5-4-6-10(11)8-12(14)13(9-19)15(18)20;14-7-12-10-5-8-3-1-2-4-9(8)11(10)6-13(12)15/h4-7,9,12,14,19H,8H2,1-3H3;1-4,7,10-11,14H,5-6H2/b13-9-;12-7+. The van der Waals surface area contributed by atoms with E-state index in [4.69, 9.17) is 9.84 Å². The first kappa shape index (κ1) is 24.8. The summed E-state index contributed by atoms with van der Waals surface area (Å²) in [5.41, 5.74) is 4.88. The number of imide groups is 1. The van der Waals surface area contributed by atoms with E-state index in [1.165, 1.54) is 11.1 Å². The number of aliphatic hydroxyl groups is 2.